The normalized spacial score (nSPS) is 23.1. The quantitative estimate of drug-likeness (QED) is 0.881. The van der Waals surface area contributed by atoms with Gasteiger partial charge in [-0.05, 0) is 37.8 Å². The smallest absolute Gasteiger partial charge is 0.255 e. The van der Waals surface area contributed by atoms with Crippen LogP contribution in [0.4, 0.5) is 5.82 Å². The van der Waals surface area contributed by atoms with Gasteiger partial charge in [-0.15, -0.1) is 0 Å². The van der Waals surface area contributed by atoms with E-state index in [4.69, 9.17) is 5.73 Å². The third kappa shape index (κ3) is 2.77. The number of hydrogen-bond acceptors (Lipinski definition) is 4. The standard InChI is InChI=1S/C15H22N4O/c16-13-4-3-9-19(11-13)15(20)12-5-6-14(17-10-12)18-7-1-2-8-18/h5-6,10,13H,1-4,7-9,11,16H2. The predicted octanol–water partition coefficient (Wildman–Crippen LogP) is 1.25. The Bertz CT molecular complexity index is 467. The number of carbonyl (C=O) groups is 1. The summed E-state index contributed by atoms with van der Waals surface area (Å²) in [4.78, 5) is 21.0. The van der Waals surface area contributed by atoms with E-state index < -0.39 is 0 Å². The molecule has 0 aromatic carbocycles. The van der Waals surface area contributed by atoms with Crippen molar-refractivity contribution in [2.45, 2.75) is 31.7 Å². The van der Waals surface area contributed by atoms with E-state index in [1.54, 1.807) is 6.20 Å². The Balaban J connectivity index is 1.68. The van der Waals surface area contributed by atoms with Crippen LogP contribution in [-0.2, 0) is 0 Å². The van der Waals surface area contributed by atoms with Crippen LogP contribution >= 0.6 is 0 Å². The fourth-order valence-electron chi connectivity index (χ4n) is 3.02. The van der Waals surface area contributed by atoms with Gasteiger partial charge in [-0.2, -0.15) is 0 Å². The van der Waals surface area contributed by atoms with E-state index in [9.17, 15) is 4.79 Å². The summed E-state index contributed by atoms with van der Waals surface area (Å²) >= 11 is 0. The number of pyridine rings is 1. The summed E-state index contributed by atoms with van der Waals surface area (Å²) in [7, 11) is 0. The van der Waals surface area contributed by atoms with Gasteiger partial charge >= 0.3 is 0 Å². The maximum Gasteiger partial charge on any atom is 0.255 e. The van der Waals surface area contributed by atoms with Crippen molar-refractivity contribution in [2.24, 2.45) is 5.73 Å². The maximum atomic E-state index is 12.4. The minimum atomic E-state index is 0.0561. The molecule has 0 aliphatic carbocycles. The van der Waals surface area contributed by atoms with Crippen LogP contribution in [0.3, 0.4) is 0 Å². The van der Waals surface area contributed by atoms with Gasteiger partial charge in [-0.1, -0.05) is 0 Å². The lowest BCUT2D eigenvalue weighted by Crippen LogP contribution is -2.45. The lowest BCUT2D eigenvalue weighted by atomic mass is 10.1. The number of carbonyl (C=O) groups excluding carboxylic acids is 1. The molecule has 20 heavy (non-hydrogen) atoms. The molecule has 2 aliphatic heterocycles. The summed E-state index contributed by atoms with van der Waals surface area (Å²) in [5.74, 6) is 1.04. The summed E-state index contributed by atoms with van der Waals surface area (Å²) in [5.41, 5.74) is 6.60. The van der Waals surface area contributed by atoms with Gasteiger partial charge in [0.2, 0.25) is 0 Å². The summed E-state index contributed by atoms with van der Waals surface area (Å²) < 4.78 is 0. The van der Waals surface area contributed by atoms with Crippen molar-refractivity contribution in [1.29, 1.82) is 0 Å². The molecule has 5 heteroatoms. The molecule has 0 radical (unpaired) electrons. The Morgan fingerprint density at radius 1 is 1.20 bits per heavy atom. The Labute approximate surface area is 119 Å². The van der Waals surface area contributed by atoms with E-state index in [0.717, 1.165) is 38.3 Å². The van der Waals surface area contributed by atoms with Crippen LogP contribution in [0.5, 0.6) is 0 Å². The highest BCUT2D eigenvalue weighted by atomic mass is 16.2. The Kier molecular flexibility index (Phi) is 3.87. The van der Waals surface area contributed by atoms with Crippen molar-refractivity contribution < 1.29 is 4.79 Å². The molecule has 3 rings (SSSR count). The topological polar surface area (TPSA) is 62.5 Å². The highest BCUT2D eigenvalue weighted by Crippen LogP contribution is 2.19. The van der Waals surface area contributed by atoms with Gasteiger partial charge in [0, 0.05) is 38.4 Å². The second-order valence-corrected chi connectivity index (χ2v) is 5.75. The first-order valence-electron chi connectivity index (χ1n) is 7.50. The van der Waals surface area contributed by atoms with Gasteiger partial charge in [0.1, 0.15) is 5.82 Å². The highest BCUT2D eigenvalue weighted by molar-refractivity contribution is 5.94. The summed E-state index contributed by atoms with van der Waals surface area (Å²) in [6.45, 7) is 3.61. The molecule has 1 aromatic rings. The van der Waals surface area contributed by atoms with Gasteiger partial charge in [0.05, 0.1) is 5.56 Å². The number of rotatable bonds is 2. The number of likely N-dealkylation sites (tertiary alicyclic amines) is 1. The molecule has 0 spiro atoms. The zero-order valence-electron chi connectivity index (χ0n) is 11.8. The Hall–Kier alpha value is -1.62. The third-order valence-corrected chi connectivity index (χ3v) is 4.17. The number of hydrogen-bond donors (Lipinski definition) is 1. The molecule has 108 valence electrons. The van der Waals surface area contributed by atoms with E-state index in [1.807, 2.05) is 17.0 Å². The number of amides is 1. The molecule has 1 atom stereocenters. The molecule has 0 saturated carbocycles. The van der Waals surface area contributed by atoms with Crippen molar-refractivity contribution >= 4 is 11.7 Å². The van der Waals surface area contributed by atoms with E-state index in [2.05, 4.69) is 9.88 Å². The van der Waals surface area contributed by atoms with Crippen molar-refractivity contribution in [3.63, 3.8) is 0 Å². The van der Waals surface area contributed by atoms with Crippen LogP contribution in [0, 0.1) is 0 Å². The largest absolute Gasteiger partial charge is 0.357 e. The van der Waals surface area contributed by atoms with Crippen LogP contribution in [0.25, 0.3) is 0 Å². The zero-order valence-corrected chi connectivity index (χ0v) is 11.8. The van der Waals surface area contributed by atoms with Gasteiger partial charge in [-0.3, -0.25) is 4.79 Å². The zero-order chi connectivity index (χ0) is 13.9. The van der Waals surface area contributed by atoms with E-state index in [1.165, 1.54) is 12.8 Å². The van der Waals surface area contributed by atoms with Crippen molar-refractivity contribution in [3.8, 4) is 0 Å². The minimum Gasteiger partial charge on any atom is -0.357 e. The molecule has 3 heterocycles. The molecule has 0 bridgehead atoms. The lowest BCUT2D eigenvalue weighted by molar-refractivity contribution is 0.0708. The van der Waals surface area contributed by atoms with Crippen molar-refractivity contribution in [1.82, 2.24) is 9.88 Å². The molecule has 1 aromatic heterocycles. The van der Waals surface area contributed by atoms with Crippen LogP contribution in [0.2, 0.25) is 0 Å². The minimum absolute atomic E-state index is 0.0561. The number of aromatic nitrogens is 1. The van der Waals surface area contributed by atoms with Crippen LogP contribution in [-0.4, -0.2) is 48.0 Å². The first-order chi connectivity index (χ1) is 9.74. The highest BCUT2D eigenvalue weighted by Gasteiger charge is 2.22. The molecular formula is C15H22N4O. The predicted molar refractivity (Wildman–Crippen MR) is 78.8 cm³/mol. The Morgan fingerprint density at radius 3 is 2.65 bits per heavy atom. The van der Waals surface area contributed by atoms with Crippen LogP contribution < -0.4 is 10.6 Å². The van der Waals surface area contributed by atoms with E-state index >= 15 is 0 Å². The maximum absolute atomic E-state index is 12.4. The molecule has 2 saturated heterocycles. The van der Waals surface area contributed by atoms with Gasteiger partial charge < -0.3 is 15.5 Å². The van der Waals surface area contributed by atoms with Gasteiger partial charge in [0.25, 0.3) is 5.91 Å². The molecule has 2 N–H and O–H groups in total. The number of anilines is 1. The molecule has 1 amide bonds. The molecule has 2 fully saturated rings. The fourth-order valence-corrected chi connectivity index (χ4v) is 3.02. The number of piperidine rings is 1. The fraction of sp³-hybridized carbons (Fsp3) is 0.600. The van der Waals surface area contributed by atoms with E-state index in [-0.39, 0.29) is 11.9 Å². The Morgan fingerprint density at radius 2 is 2.00 bits per heavy atom. The van der Waals surface area contributed by atoms with Crippen molar-refractivity contribution in [3.05, 3.63) is 23.9 Å². The summed E-state index contributed by atoms with van der Waals surface area (Å²) in [5, 5.41) is 0. The monoisotopic (exact) mass is 274 g/mol. The average Bonchev–Trinajstić information content (AvgIpc) is 3.01. The van der Waals surface area contributed by atoms with Gasteiger partial charge in [0.15, 0.2) is 0 Å². The van der Waals surface area contributed by atoms with Crippen LogP contribution in [0.15, 0.2) is 18.3 Å². The average molecular weight is 274 g/mol. The lowest BCUT2D eigenvalue weighted by Gasteiger charge is -2.30. The van der Waals surface area contributed by atoms with Crippen LogP contribution in [0.1, 0.15) is 36.0 Å². The van der Waals surface area contributed by atoms with Crippen molar-refractivity contribution in [2.75, 3.05) is 31.1 Å². The van der Waals surface area contributed by atoms with E-state index in [0.29, 0.717) is 12.1 Å². The first kappa shape index (κ1) is 13.4. The first-order valence-corrected chi connectivity index (χ1v) is 7.50. The molecule has 1 unspecified atom stereocenters. The SMILES string of the molecule is NC1CCCN(C(=O)c2ccc(N3CCCC3)nc2)C1. The molecular weight excluding hydrogens is 252 g/mol. The summed E-state index contributed by atoms with van der Waals surface area (Å²) in [6.07, 6.45) is 6.17. The second kappa shape index (κ2) is 5.79. The third-order valence-electron chi connectivity index (χ3n) is 4.17. The number of nitrogens with two attached hydrogens (primary N) is 1. The second-order valence-electron chi connectivity index (χ2n) is 5.75. The molecule has 5 nitrogen and oxygen atoms in total. The molecule has 2 aliphatic rings. The summed E-state index contributed by atoms with van der Waals surface area (Å²) in [6, 6.07) is 3.97. The van der Waals surface area contributed by atoms with Gasteiger partial charge in [-0.25, -0.2) is 4.98 Å². The number of nitrogens with zero attached hydrogens (tertiary/aromatic N) is 3.